The zero-order chi connectivity index (χ0) is 15.9. The summed E-state index contributed by atoms with van der Waals surface area (Å²) in [5.41, 5.74) is 4.39. The van der Waals surface area contributed by atoms with Crippen LogP contribution >= 0.6 is 0 Å². The van der Waals surface area contributed by atoms with Gasteiger partial charge in [0.25, 0.3) is 5.91 Å². The van der Waals surface area contributed by atoms with E-state index in [1.165, 1.54) is 0 Å². The Labute approximate surface area is 134 Å². The molecule has 0 atom stereocenters. The van der Waals surface area contributed by atoms with E-state index in [1.807, 2.05) is 72.8 Å². The first-order valence-corrected chi connectivity index (χ1v) is 7.41. The predicted molar refractivity (Wildman–Crippen MR) is 94.6 cm³/mol. The number of hydrogen-bond acceptors (Lipinski definition) is 3. The van der Waals surface area contributed by atoms with Crippen LogP contribution in [0.1, 0.15) is 5.56 Å². The van der Waals surface area contributed by atoms with Gasteiger partial charge >= 0.3 is 0 Å². The highest BCUT2D eigenvalue weighted by atomic mass is 16.2. The van der Waals surface area contributed by atoms with Gasteiger partial charge in [0.05, 0.1) is 12.8 Å². The third-order valence-electron chi connectivity index (χ3n) is 3.43. The molecular weight excluding hydrogens is 286 g/mol. The second-order valence-corrected chi connectivity index (χ2v) is 5.08. The SMILES string of the molecule is O=C(CNc1cccc2ccccc12)N/N=C/c1ccccc1. The van der Waals surface area contributed by atoms with E-state index in [0.717, 1.165) is 22.0 Å². The van der Waals surface area contributed by atoms with E-state index in [-0.39, 0.29) is 12.5 Å². The van der Waals surface area contributed by atoms with Crippen LogP contribution < -0.4 is 10.7 Å². The lowest BCUT2D eigenvalue weighted by Gasteiger charge is -2.08. The van der Waals surface area contributed by atoms with Crippen LogP contribution in [0.4, 0.5) is 5.69 Å². The Balaban J connectivity index is 1.57. The van der Waals surface area contributed by atoms with Crippen molar-refractivity contribution in [3.05, 3.63) is 78.4 Å². The van der Waals surface area contributed by atoms with E-state index in [0.29, 0.717) is 0 Å². The number of rotatable bonds is 5. The molecule has 0 aromatic heterocycles. The fourth-order valence-electron chi connectivity index (χ4n) is 2.31. The van der Waals surface area contributed by atoms with Gasteiger partial charge in [0.1, 0.15) is 0 Å². The summed E-state index contributed by atoms with van der Waals surface area (Å²) >= 11 is 0. The summed E-state index contributed by atoms with van der Waals surface area (Å²) < 4.78 is 0. The minimum absolute atomic E-state index is 0.167. The smallest absolute Gasteiger partial charge is 0.259 e. The van der Waals surface area contributed by atoms with E-state index in [1.54, 1.807) is 6.21 Å². The largest absolute Gasteiger partial charge is 0.376 e. The highest BCUT2D eigenvalue weighted by Gasteiger charge is 2.02. The predicted octanol–water partition coefficient (Wildman–Crippen LogP) is 3.40. The monoisotopic (exact) mass is 303 g/mol. The Morgan fingerprint density at radius 1 is 0.913 bits per heavy atom. The Bertz CT molecular complexity index is 823. The third kappa shape index (κ3) is 3.95. The van der Waals surface area contributed by atoms with Crippen molar-refractivity contribution in [1.82, 2.24) is 5.43 Å². The fourth-order valence-corrected chi connectivity index (χ4v) is 2.31. The molecule has 1 amide bonds. The molecule has 3 rings (SSSR count). The van der Waals surface area contributed by atoms with Crippen molar-refractivity contribution in [1.29, 1.82) is 0 Å². The molecule has 4 heteroatoms. The summed E-state index contributed by atoms with van der Waals surface area (Å²) in [7, 11) is 0. The van der Waals surface area contributed by atoms with Crippen LogP contribution in [0.2, 0.25) is 0 Å². The topological polar surface area (TPSA) is 53.5 Å². The molecule has 3 aromatic rings. The van der Waals surface area contributed by atoms with Crippen molar-refractivity contribution in [2.24, 2.45) is 5.10 Å². The molecule has 0 saturated heterocycles. The summed E-state index contributed by atoms with van der Waals surface area (Å²) in [6.45, 7) is 0.167. The number of fused-ring (bicyclic) bond motifs is 1. The maximum absolute atomic E-state index is 11.9. The molecule has 0 aliphatic rings. The van der Waals surface area contributed by atoms with E-state index in [9.17, 15) is 4.79 Å². The number of nitrogens with zero attached hydrogens (tertiary/aromatic N) is 1. The van der Waals surface area contributed by atoms with Crippen LogP contribution in [0.15, 0.2) is 77.9 Å². The number of hydrazone groups is 1. The zero-order valence-electron chi connectivity index (χ0n) is 12.6. The number of benzene rings is 3. The molecule has 0 fully saturated rings. The number of amides is 1. The molecule has 0 radical (unpaired) electrons. The van der Waals surface area contributed by atoms with Crippen molar-refractivity contribution >= 4 is 28.6 Å². The van der Waals surface area contributed by atoms with Crippen molar-refractivity contribution in [3.63, 3.8) is 0 Å². The Kier molecular flexibility index (Phi) is 4.64. The van der Waals surface area contributed by atoms with Gasteiger partial charge in [-0.25, -0.2) is 5.43 Å². The number of hydrogen-bond donors (Lipinski definition) is 2. The van der Waals surface area contributed by atoms with Crippen LogP contribution in [0.5, 0.6) is 0 Å². The van der Waals surface area contributed by atoms with Crippen molar-refractivity contribution in [2.75, 3.05) is 11.9 Å². The first kappa shape index (κ1) is 14.8. The van der Waals surface area contributed by atoms with Crippen molar-refractivity contribution in [3.8, 4) is 0 Å². The normalized spacial score (nSPS) is 10.8. The van der Waals surface area contributed by atoms with Gasteiger partial charge in [-0.15, -0.1) is 0 Å². The van der Waals surface area contributed by atoms with Gasteiger partial charge in [-0.05, 0) is 17.0 Å². The van der Waals surface area contributed by atoms with Gasteiger partial charge < -0.3 is 5.32 Å². The standard InChI is InChI=1S/C19H17N3O/c23-19(22-21-13-15-7-2-1-3-8-15)14-20-18-12-6-10-16-9-4-5-11-17(16)18/h1-13,20H,14H2,(H,22,23)/b21-13+. The molecule has 0 aliphatic carbocycles. The van der Waals surface area contributed by atoms with Crippen LogP contribution in [-0.2, 0) is 4.79 Å². The van der Waals surface area contributed by atoms with Crippen molar-refractivity contribution < 1.29 is 4.79 Å². The molecule has 0 spiro atoms. The van der Waals surface area contributed by atoms with Crippen LogP contribution in [0, 0.1) is 0 Å². The Morgan fingerprint density at radius 2 is 1.65 bits per heavy atom. The average Bonchev–Trinajstić information content (AvgIpc) is 2.61. The lowest BCUT2D eigenvalue weighted by Crippen LogP contribution is -2.25. The minimum Gasteiger partial charge on any atom is -0.376 e. The maximum atomic E-state index is 11.9. The van der Waals surface area contributed by atoms with Gasteiger partial charge in [0.2, 0.25) is 0 Å². The summed E-state index contributed by atoms with van der Waals surface area (Å²) in [6.07, 6.45) is 1.62. The fraction of sp³-hybridized carbons (Fsp3) is 0.0526. The average molecular weight is 303 g/mol. The molecular formula is C19H17N3O. The zero-order valence-corrected chi connectivity index (χ0v) is 12.6. The lowest BCUT2D eigenvalue weighted by molar-refractivity contribution is -0.119. The quantitative estimate of drug-likeness (QED) is 0.560. The first-order chi connectivity index (χ1) is 11.3. The van der Waals surface area contributed by atoms with E-state index < -0.39 is 0 Å². The highest BCUT2D eigenvalue weighted by molar-refractivity contribution is 5.95. The molecule has 3 aromatic carbocycles. The molecule has 114 valence electrons. The van der Waals surface area contributed by atoms with Crippen LogP contribution in [0.3, 0.4) is 0 Å². The van der Waals surface area contributed by atoms with Gasteiger partial charge in [0, 0.05) is 11.1 Å². The lowest BCUT2D eigenvalue weighted by atomic mass is 10.1. The van der Waals surface area contributed by atoms with Gasteiger partial charge in [-0.3, -0.25) is 4.79 Å². The van der Waals surface area contributed by atoms with E-state index >= 15 is 0 Å². The first-order valence-electron chi connectivity index (χ1n) is 7.41. The second kappa shape index (κ2) is 7.22. The van der Waals surface area contributed by atoms with Gasteiger partial charge in [0.15, 0.2) is 0 Å². The number of carbonyl (C=O) groups is 1. The number of anilines is 1. The molecule has 2 N–H and O–H groups in total. The molecule has 0 aliphatic heterocycles. The Hall–Kier alpha value is -3.14. The minimum atomic E-state index is -0.190. The summed E-state index contributed by atoms with van der Waals surface area (Å²) in [4.78, 5) is 11.9. The molecule has 0 bridgehead atoms. The summed E-state index contributed by atoms with van der Waals surface area (Å²) in [5, 5.41) is 9.33. The highest BCUT2D eigenvalue weighted by Crippen LogP contribution is 2.22. The van der Waals surface area contributed by atoms with Gasteiger partial charge in [-0.2, -0.15) is 5.10 Å². The number of nitrogens with one attached hydrogen (secondary N) is 2. The number of carbonyl (C=O) groups excluding carboxylic acids is 1. The molecule has 0 unspecified atom stereocenters. The summed E-state index contributed by atoms with van der Waals surface area (Å²) in [5.74, 6) is -0.190. The third-order valence-corrected chi connectivity index (χ3v) is 3.43. The molecule has 0 saturated carbocycles. The van der Waals surface area contributed by atoms with Crippen molar-refractivity contribution in [2.45, 2.75) is 0 Å². The molecule has 0 heterocycles. The second-order valence-electron chi connectivity index (χ2n) is 5.08. The summed E-state index contributed by atoms with van der Waals surface area (Å²) in [6, 6.07) is 23.7. The van der Waals surface area contributed by atoms with Crippen LogP contribution in [-0.4, -0.2) is 18.7 Å². The Morgan fingerprint density at radius 3 is 2.52 bits per heavy atom. The van der Waals surface area contributed by atoms with E-state index in [4.69, 9.17) is 0 Å². The molecule has 23 heavy (non-hydrogen) atoms. The van der Waals surface area contributed by atoms with Crippen LogP contribution in [0.25, 0.3) is 10.8 Å². The molecule has 4 nitrogen and oxygen atoms in total. The maximum Gasteiger partial charge on any atom is 0.259 e. The van der Waals surface area contributed by atoms with Gasteiger partial charge in [-0.1, -0.05) is 66.7 Å². The van der Waals surface area contributed by atoms with E-state index in [2.05, 4.69) is 15.8 Å².